The highest BCUT2D eigenvalue weighted by Crippen LogP contribution is 2.52. The zero-order valence-electron chi connectivity index (χ0n) is 31.9. The molecule has 0 atom stereocenters. The van der Waals surface area contributed by atoms with E-state index >= 15 is 0 Å². The predicted molar refractivity (Wildman–Crippen MR) is 245 cm³/mol. The molecule has 0 aliphatic heterocycles. The zero-order valence-corrected chi connectivity index (χ0v) is 32.7. The lowest BCUT2D eigenvalue weighted by Gasteiger charge is -2.29. The number of fused-ring (bicyclic) bond motifs is 7. The van der Waals surface area contributed by atoms with E-state index in [2.05, 4.69) is 219 Å². The Balaban J connectivity index is 1.10. The standard InChI is InChI=1S/C55H39NS/c1-55(2)50-28-8-5-20-44(50)47-25-13-24-43(53(47)55)37-31-33-39(34-32-37)56(40-18-11-17-38(35-40)42-23-12-16-36-15-3-4-19-41(36)42)51-29-9-6-21-45(51)48-26-14-27-49-46-22-7-10-30-52(46)57-54(48)49/h3-35H,1-2H3. The second-order valence-electron chi connectivity index (χ2n) is 15.7. The molecule has 0 saturated heterocycles. The maximum absolute atomic E-state index is 2.45. The highest BCUT2D eigenvalue weighted by Gasteiger charge is 2.37. The van der Waals surface area contributed by atoms with E-state index in [4.69, 9.17) is 0 Å². The summed E-state index contributed by atoms with van der Waals surface area (Å²) in [6.45, 7) is 4.74. The summed E-state index contributed by atoms with van der Waals surface area (Å²) >= 11 is 1.88. The van der Waals surface area contributed by atoms with Gasteiger partial charge in [0.25, 0.3) is 0 Å². The molecule has 1 nitrogen and oxygen atoms in total. The van der Waals surface area contributed by atoms with Crippen LogP contribution < -0.4 is 4.90 Å². The molecule has 0 amide bonds. The van der Waals surface area contributed by atoms with Gasteiger partial charge in [0.05, 0.1) is 5.69 Å². The molecule has 270 valence electrons. The van der Waals surface area contributed by atoms with Gasteiger partial charge in [-0.05, 0) is 91.7 Å². The van der Waals surface area contributed by atoms with Crippen LogP contribution in [0.25, 0.3) is 75.5 Å². The number of hydrogen-bond donors (Lipinski definition) is 0. The fraction of sp³-hybridized carbons (Fsp3) is 0.0545. The van der Waals surface area contributed by atoms with Gasteiger partial charge in [-0.1, -0.05) is 178 Å². The highest BCUT2D eigenvalue weighted by atomic mass is 32.1. The molecule has 10 aromatic rings. The van der Waals surface area contributed by atoms with Crippen molar-refractivity contribution in [2.24, 2.45) is 0 Å². The highest BCUT2D eigenvalue weighted by molar-refractivity contribution is 7.26. The Morgan fingerprint density at radius 3 is 1.91 bits per heavy atom. The van der Waals surface area contributed by atoms with Gasteiger partial charge < -0.3 is 4.90 Å². The summed E-state index contributed by atoms with van der Waals surface area (Å²) in [6, 6.07) is 73.8. The maximum Gasteiger partial charge on any atom is 0.0540 e. The molecular weight excluding hydrogens is 707 g/mol. The number of hydrogen-bond acceptors (Lipinski definition) is 2. The van der Waals surface area contributed by atoms with Crippen molar-refractivity contribution in [1.82, 2.24) is 0 Å². The zero-order chi connectivity index (χ0) is 38.1. The minimum Gasteiger partial charge on any atom is -0.310 e. The van der Waals surface area contributed by atoms with E-state index in [1.807, 2.05) is 11.3 Å². The molecule has 1 heterocycles. The third kappa shape index (κ3) is 5.36. The van der Waals surface area contributed by atoms with E-state index in [0.717, 1.165) is 17.1 Å². The average molecular weight is 746 g/mol. The Hall–Kier alpha value is -6.74. The Morgan fingerprint density at radius 2 is 1.02 bits per heavy atom. The quantitative estimate of drug-likeness (QED) is 0.164. The van der Waals surface area contributed by atoms with E-state index < -0.39 is 0 Å². The largest absolute Gasteiger partial charge is 0.310 e. The van der Waals surface area contributed by atoms with Crippen LogP contribution in [0.2, 0.25) is 0 Å². The Morgan fingerprint density at radius 1 is 0.404 bits per heavy atom. The van der Waals surface area contributed by atoms with Crippen LogP contribution >= 0.6 is 11.3 Å². The first-order valence-corrected chi connectivity index (χ1v) is 20.6. The predicted octanol–water partition coefficient (Wildman–Crippen LogP) is 16.0. The number of para-hydroxylation sites is 1. The lowest BCUT2D eigenvalue weighted by Crippen LogP contribution is -2.16. The fourth-order valence-corrected chi connectivity index (χ4v) is 10.7. The number of anilines is 3. The molecule has 0 radical (unpaired) electrons. The van der Waals surface area contributed by atoms with Gasteiger partial charge in [0.1, 0.15) is 0 Å². The Kier molecular flexibility index (Phi) is 7.77. The lowest BCUT2D eigenvalue weighted by atomic mass is 9.79. The maximum atomic E-state index is 2.45. The second kappa shape index (κ2) is 13.2. The fourth-order valence-electron chi connectivity index (χ4n) is 9.45. The van der Waals surface area contributed by atoms with Crippen molar-refractivity contribution in [3.8, 4) is 44.5 Å². The Labute approximate surface area is 337 Å². The van der Waals surface area contributed by atoms with Gasteiger partial charge >= 0.3 is 0 Å². The number of benzene rings is 9. The van der Waals surface area contributed by atoms with Crippen molar-refractivity contribution in [3.05, 3.63) is 211 Å². The summed E-state index contributed by atoms with van der Waals surface area (Å²) in [6.07, 6.45) is 0. The van der Waals surface area contributed by atoms with Gasteiger partial charge in [-0.3, -0.25) is 0 Å². The van der Waals surface area contributed by atoms with Crippen molar-refractivity contribution in [2.75, 3.05) is 4.90 Å². The molecule has 0 bridgehead atoms. The summed E-state index contributed by atoms with van der Waals surface area (Å²) < 4.78 is 2.62. The van der Waals surface area contributed by atoms with Crippen LogP contribution in [0.3, 0.4) is 0 Å². The normalized spacial score (nSPS) is 12.9. The first-order valence-electron chi connectivity index (χ1n) is 19.8. The first kappa shape index (κ1) is 33.6. The number of thiophene rings is 1. The Bertz CT molecular complexity index is 3160. The van der Waals surface area contributed by atoms with Gasteiger partial charge in [0, 0.05) is 48.1 Å². The second-order valence-corrected chi connectivity index (χ2v) is 16.7. The summed E-state index contributed by atoms with van der Waals surface area (Å²) in [4.78, 5) is 2.45. The van der Waals surface area contributed by atoms with E-state index in [1.54, 1.807) is 0 Å². The van der Waals surface area contributed by atoms with Crippen molar-refractivity contribution in [2.45, 2.75) is 19.3 Å². The van der Waals surface area contributed by atoms with Crippen LogP contribution in [0.1, 0.15) is 25.0 Å². The molecule has 11 rings (SSSR count). The molecule has 0 spiro atoms. The van der Waals surface area contributed by atoms with Crippen LogP contribution in [0.4, 0.5) is 17.1 Å². The SMILES string of the molecule is CC1(C)c2ccccc2-c2cccc(-c3ccc(N(c4cccc(-c5cccc6ccccc56)c4)c4ccccc4-c4cccc5c4sc4ccccc45)cc3)c21. The molecular formula is C55H39NS. The average Bonchev–Trinajstić information content (AvgIpc) is 3.76. The number of rotatable bonds is 6. The van der Waals surface area contributed by atoms with Crippen molar-refractivity contribution >= 4 is 59.3 Å². The lowest BCUT2D eigenvalue weighted by molar-refractivity contribution is 0.662. The summed E-state index contributed by atoms with van der Waals surface area (Å²) in [5, 5.41) is 5.11. The van der Waals surface area contributed by atoms with Crippen LogP contribution in [-0.2, 0) is 5.41 Å². The summed E-state index contributed by atoms with van der Waals surface area (Å²) in [5.74, 6) is 0. The van der Waals surface area contributed by atoms with E-state index in [1.165, 1.54) is 86.6 Å². The van der Waals surface area contributed by atoms with Crippen molar-refractivity contribution < 1.29 is 0 Å². The molecule has 57 heavy (non-hydrogen) atoms. The smallest absolute Gasteiger partial charge is 0.0540 e. The van der Waals surface area contributed by atoms with E-state index in [0.29, 0.717) is 0 Å². The topological polar surface area (TPSA) is 3.24 Å². The van der Waals surface area contributed by atoms with Crippen molar-refractivity contribution in [1.29, 1.82) is 0 Å². The summed E-state index contributed by atoms with van der Waals surface area (Å²) in [5.41, 5.74) is 16.1. The van der Waals surface area contributed by atoms with Crippen LogP contribution in [0, 0.1) is 0 Å². The monoisotopic (exact) mass is 745 g/mol. The van der Waals surface area contributed by atoms with Crippen LogP contribution in [-0.4, -0.2) is 0 Å². The minimum absolute atomic E-state index is 0.0954. The van der Waals surface area contributed by atoms with Gasteiger partial charge in [0.2, 0.25) is 0 Å². The van der Waals surface area contributed by atoms with Gasteiger partial charge in [-0.15, -0.1) is 11.3 Å². The van der Waals surface area contributed by atoms with Crippen LogP contribution in [0.5, 0.6) is 0 Å². The van der Waals surface area contributed by atoms with Gasteiger partial charge in [-0.25, -0.2) is 0 Å². The molecule has 1 aromatic heterocycles. The third-order valence-corrected chi connectivity index (χ3v) is 13.3. The summed E-state index contributed by atoms with van der Waals surface area (Å²) in [7, 11) is 0. The minimum atomic E-state index is -0.0954. The van der Waals surface area contributed by atoms with Gasteiger partial charge in [-0.2, -0.15) is 0 Å². The molecule has 0 saturated carbocycles. The van der Waals surface area contributed by atoms with Crippen LogP contribution in [0.15, 0.2) is 200 Å². The molecule has 1 aliphatic carbocycles. The molecule has 0 unspecified atom stereocenters. The van der Waals surface area contributed by atoms with Crippen molar-refractivity contribution in [3.63, 3.8) is 0 Å². The van der Waals surface area contributed by atoms with Gasteiger partial charge in [0.15, 0.2) is 0 Å². The molecule has 0 N–H and O–H groups in total. The molecule has 2 heteroatoms. The van der Waals surface area contributed by atoms with E-state index in [9.17, 15) is 0 Å². The van der Waals surface area contributed by atoms with E-state index in [-0.39, 0.29) is 5.41 Å². The number of nitrogens with zero attached hydrogens (tertiary/aromatic N) is 1. The molecule has 1 aliphatic rings. The molecule has 9 aromatic carbocycles. The first-order chi connectivity index (χ1) is 28.0. The molecule has 0 fully saturated rings. The third-order valence-electron chi connectivity index (χ3n) is 12.1.